The van der Waals surface area contributed by atoms with E-state index in [0.717, 1.165) is 12.3 Å². The fraction of sp³-hybridized carbons (Fsp3) is 0.500. The number of carbonyl (C=O) groups is 1. The number of hydrogen-bond donors (Lipinski definition) is 2. The van der Waals surface area contributed by atoms with Crippen LogP contribution in [0.25, 0.3) is 0 Å². The van der Waals surface area contributed by atoms with E-state index in [4.69, 9.17) is 5.11 Å². The van der Waals surface area contributed by atoms with Gasteiger partial charge in [0.05, 0.1) is 0 Å². The summed E-state index contributed by atoms with van der Waals surface area (Å²) in [6.07, 6.45) is -2.48. The quantitative estimate of drug-likeness (QED) is 0.769. The zero-order valence-electron chi connectivity index (χ0n) is 9.37. The van der Waals surface area contributed by atoms with Gasteiger partial charge in [0.2, 0.25) is 5.95 Å². The maximum atomic E-state index is 12.3. The average Bonchev–Trinajstić information content (AvgIpc) is 2.27. The molecule has 0 unspecified atom stereocenters. The van der Waals surface area contributed by atoms with Crippen LogP contribution in [0.15, 0.2) is 12.3 Å². The van der Waals surface area contributed by atoms with Crippen molar-refractivity contribution in [2.45, 2.75) is 25.4 Å². The lowest BCUT2D eigenvalue weighted by atomic mass is 10.2. The normalized spacial score (nSPS) is 11.3. The molecule has 0 spiro atoms. The summed E-state index contributed by atoms with van der Waals surface area (Å²) in [6, 6.07) is 0.787. The van der Waals surface area contributed by atoms with Crippen molar-refractivity contribution in [1.82, 2.24) is 9.97 Å². The molecule has 0 atom stereocenters. The second kappa shape index (κ2) is 6.18. The molecule has 0 aliphatic heterocycles. The van der Waals surface area contributed by atoms with E-state index in [9.17, 15) is 18.0 Å². The highest BCUT2D eigenvalue weighted by Gasteiger charge is 2.32. The van der Waals surface area contributed by atoms with Gasteiger partial charge in [0.1, 0.15) is 5.69 Å². The summed E-state index contributed by atoms with van der Waals surface area (Å²) >= 11 is 0. The van der Waals surface area contributed by atoms with Gasteiger partial charge in [0.15, 0.2) is 0 Å². The van der Waals surface area contributed by atoms with Gasteiger partial charge in [-0.25, -0.2) is 9.97 Å². The van der Waals surface area contributed by atoms with E-state index in [1.165, 1.54) is 0 Å². The van der Waals surface area contributed by atoms with Crippen molar-refractivity contribution >= 4 is 11.9 Å². The highest BCUT2D eigenvalue weighted by molar-refractivity contribution is 5.66. The first kappa shape index (κ1) is 14.2. The molecule has 0 aliphatic rings. The number of aliphatic carboxylic acids is 1. The largest absolute Gasteiger partial charge is 0.481 e. The molecule has 0 saturated heterocycles. The van der Waals surface area contributed by atoms with Crippen LogP contribution in [-0.4, -0.2) is 27.6 Å². The first-order chi connectivity index (χ1) is 8.39. The van der Waals surface area contributed by atoms with Crippen LogP contribution in [0.4, 0.5) is 19.1 Å². The monoisotopic (exact) mass is 263 g/mol. The van der Waals surface area contributed by atoms with Crippen LogP contribution in [0, 0.1) is 0 Å². The summed E-state index contributed by atoms with van der Waals surface area (Å²) in [5.74, 6) is -1.01. The summed E-state index contributed by atoms with van der Waals surface area (Å²) in [7, 11) is 0. The van der Waals surface area contributed by atoms with E-state index in [-0.39, 0.29) is 12.4 Å². The first-order valence-corrected chi connectivity index (χ1v) is 5.25. The number of alkyl halides is 3. The highest BCUT2D eigenvalue weighted by Crippen LogP contribution is 2.27. The Hall–Kier alpha value is -1.86. The third kappa shape index (κ3) is 4.98. The molecule has 1 heterocycles. The van der Waals surface area contributed by atoms with Gasteiger partial charge in [-0.15, -0.1) is 0 Å². The maximum absolute atomic E-state index is 12.3. The highest BCUT2D eigenvalue weighted by atomic mass is 19.4. The molecule has 100 valence electrons. The predicted octanol–water partition coefficient (Wildman–Crippen LogP) is 2.16. The lowest BCUT2D eigenvalue weighted by Gasteiger charge is -2.08. The summed E-state index contributed by atoms with van der Waals surface area (Å²) in [5, 5.41) is 11.0. The van der Waals surface area contributed by atoms with Crippen molar-refractivity contribution in [1.29, 1.82) is 0 Å². The summed E-state index contributed by atoms with van der Waals surface area (Å²) in [6.45, 7) is 0.328. The predicted molar refractivity (Wildman–Crippen MR) is 57.0 cm³/mol. The molecule has 18 heavy (non-hydrogen) atoms. The van der Waals surface area contributed by atoms with Crippen molar-refractivity contribution in [2.75, 3.05) is 11.9 Å². The number of aromatic nitrogens is 2. The molecule has 2 N–H and O–H groups in total. The van der Waals surface area contributed by atoms with E-state index >= 15 is 0 Å². The molecule has 1 rings (SSSR count). The van der Waals surface area contributed by atoms with Crippen molar-refractivity contribution in [2.24, 2.45) is 0 Å². The van der Waals surface area contributed by atoms with E-state index in [0.29, 0.717) is 19.4 Å². The number of carboxylic acid groups (broad SMARTS) is 1. The van der Waals surface area contributed by atoms with Gasteiger partial charge in [-0.1, -0.05) is 0 Å². The summed E-state index contributed by atoms with van der Waals surface area (Å²) in [4.78, 5) is 17.2. The number of halogens is 3. The van der Waals surface area contributed by atoms with E-state index in [1.807, 2.05) is 0 Å². The standard InChI is InChI=1S/C10H12F3N3O2/c11-10(12,13)7-4-6-15-9(16-7)14-5-2-1-3-8(17)18/h4,6H,1-3,5H2,(H,17,18)(H,14,15,16). The van der Waals surface area contributed by atoms with Gasteiger partial charge in [-0.2, -0.15) is 13.2 Å². The van der Waals surface area contributed by atoms with E-state index in [2.05, 4.69) is 15.3 Å². The molecule has 0 amide bonds. The maximum Gasteiger partial charge on any atom is 0.433 e. The Balaban J connectivity index is 2.41. The molecule has 1 aromatic rings. The molecular weight excluding hydrogens is 251 g/mol. The second-order valence-electron chi connectivity index (χ2n) is 3.54. The smallest absolute Gasteiger partial charge is 0.433 e. The van der Waals surface area contributed by atoms with Crippen molar-refractivity contribution in [3.05, 3.63) is 18.0 Å². The zero-order valence-corrected chi connectivity index (χ0v) is 9.37. The van der Waals surface area contributed by atoms with Crippen molar-refractivity contribution in [3.63, 3.8) is 0 Å². The third-order valence-corrected chi connectivity index (χ3v) is 2.05. The molecule has 0 aromatic carbocycles. The number of anilines is 1. The summed E-state index contributed by atoms with van der Waals surface area (Å²) in [5.41, 5.74) is -1.01. The lowest BCUT2D eigenvalue weighted by Crippen LogP contribution is -2.12. The third-order valence-electron chi connectivity index (χ3n) is 2.05. The second-order valence-corrected chi connectivity index (χ2v) is 3.54. The van der Waals surface area contributed by atoms with E-state index in [1.54, 1.807) is 0 Å². The molecule has 0 aliphatic carbocycles. The number of carboxylic acids is 1. The van der Waals surface area contributed by atoms with Crippen LogP contribution in [0.1, 0.15) is 25.0 Å². The lowest BCUT2D eigenvalue weighted by molar-refractivity contribution is -0.141. The number of hydrogen-bond acceptors (Lipinski definition) is 4. The molecule has 0 fully saturated rings. The van der Waals surface area contributed by atoms with Crippen LogP contribution in [0.2, 0.25) is 0 Å². The number of nitrogens with one attached hydrogen (secondary N) is 1. The van der Waals surface area contributed by atoms with Gasteiger partial charge in [-0.05, 0) is 18.9 Å². The molecule has 8 heteroatoms. The fourth-order valence-electron chi connectivity index (χ4n) is 1.20. The van der Waals surface area contributed by atoms with E-state index < -0.39 is 17.8 Å². The molecule has 5 nitrogen and oxygen atoms in total. The number of unbranched alkanes of at least 4 members (excludes halogenated alkanes) is 1. The van der Waals surface area contributed by atoms with Gasteiger partial charge < -0.3 is 10.4 Å². The molecule has 1 aromatic heterocycles. The van der Waals surface area contributed by atoms with Crippen LogP contribution in [0.5, 0.6) is 0 Å². The van der Waals surface area contributed by atoms with Gasteiger partial charge in [0.25, 0.3) is 0 Å². The van der Waals surface area contributed by atoms with Gasteiger partial charge in [0, 0.05) is 19.2 Å². The molecule has 0 bridgehead atoms. The van der Waals surface area contributed by atoms with Crippen molar-refractivity contribution < 1.29 is 23.1 Å². The number of rotatable bonds is 6. The molecule has 0 saturated carbocycles. The van der Waals surface area contributed by atoms with Crippen LogP contribution in [0.3, 0.4) is 0 Å². The van der Waals surface area contributed by atoms with Gasteiger partial charge in [-0.3, -0.25) is 4.79 Å². The minimum atomic E-state index is -4.50. The summed E-state index contributed by atoms with van der Waals surface area (Å²) < 4.78 is 36.9. The SMILES string of the molecule is O=C(O)CCCCNc1nccc(C(F)(F)F)n1. The molecule has 0 radical (unpaired) electrons. The Morgan fingerprint density at radius 1 is 1.39 bits per heavy atom. The first-order valence-electron chi connectivity index (χ1n) is 5.25. The zero-order chi connectivity index (χ0) is 13.6. The average molecular weight is 263 g/mol. The Kier molecular flexibility index (Phi) is 4.87. The fourth-order valence-corrected chi connectivity index (χ4v) is 1.20. The van der Waals surface area contributed by atoms with Crippen LogP contribution in [-0.2, 0) is 11.0 Å². The minimum absolute atomic E-state index is 0.0329. The Bertz CT molecular complexity index is 410. The van der Waals surface area contributed by atoms with Crippen LogP contribution >= 0.6 is 0 Å². The van der Waals surface area contributed by atoms with Crippen molar-refractivity contribution in [3.8, 4) is 0 Å². The van der Waals surface area contributed by atoms with Crippen LogP contribution < -0.4 is 5.32 Å². The topological polar surface area (TPSA) is 75.1 Å². The number of nitrogens with zero attached hydrogens (tertiary/aromatic N) is 2. The Labute approximate surface area is 101 Å². The Morgan fingerprint density at radius 2 is 2.11 bits per heavy atom. The van der Waals surface area contributed by atoms with Gasteiger partial charge >= 0.3 is 12.1 Å². The molecular formula is C10H12F3N3O2. The minimum Gasteiger partial charge on any atom is -0.481 e. The Morgan fingerprint density at radius 3 is 2.72 bits per heavy atom.